The molecule has 0 radical (unpaired) electrons. The van der Waals surface area contributed by atoms with E-state index in [0.717, 1.165) is 5.76 Å². The molecule has 1 aromatic carbocycles. The van der Waals surface area contributed by atoms with Crippen molar-refractivity contribution in [1.82, 2.24) is 4.90 Å². The molecular formula is C19H22N2O4. The molecule has 1 N–H and O–H groups in total. The minimum atomic E-state index is -0.0857. The van der Waals surface area contributed by atoms with Gasteiger partial charge in [0.05, 0.1) is 19.0 Å². The van der Waals surface area contributed by atoms with Gasteiger partial charge in [-0.3, -0.25) is 9.59 Å². The number of hydrogen-bond acceptors (Lipinski definition) is 4. The second-order valence-electron chi connectivity index (χ2n) is 6.14. The number of rotatable bonds is 5. The second-order valence-corrected chi connectivity index (χ2v) is 6.14. The monoisotopic (exact) mass is 342 g/mol. The number of morpholine rings is 1. The fraction of sp³-hybridized carbons (Fsp3) is 0.368. The molecule has 6 heteroatoms. The van der Waals surface area contributed by atoms with Crippen LogP contribution in [0.25, 0.3) is 0 Å². The first-order chi connectivity index (χ1) is 12.1. The van der Waals surface area contributed by atoms with E-state index in [9.17, 15) is 9.59 Å². The van der Waals surface area contributed by atoms with Crippen LogP contribution in [0.15, 0.2) is 47.1 Å². The van der Waals surface area contributed by atoms with Gasteiger partial charge in [-0.25, -0.2) is 0 Å². The van der Waals surface area contributed by atoms with Crippen molar-refractivity contribution >= 4 is 17.5 Å². The third-order valence-corrected chi connectivity index (χ3v) is 4.12. The van der Waals surface area contributed by atoms with Crippen LogP contribution in [0.4, 0.5) is 5.69 Å². The fourth-order valence-electron chi connectivity index (χ4n) is 2.80. The molecule has 1 atom stereocenters. The maximum atomic E-state index is 12.5. The molecule has 3 rings (SSSR count). The van der Waals surface area contributed by atoms with Crippen molar-refractivity contribution in [3.05, 3.63) is 54.0 Å². The van der Waals surface area contributed by atoms with Crippen molar-refractivity contribution in [3.8, 4) is 0 Å². The van der Waals surface area contributed by atoms with Crippen LogP contribution < -0.4 is 5.32 Å². The Kier molecular flexibility index (Phi) is 5.50. The summed E-state index contributed by atoms with van der Waals surface area (Å²) < 4.78 is 10.7. The van der Waals surface area contributed by atoms with Crippen molar-refractivity contribution in [2.45, 2.75) is 25.9 Å². The number of carbonyl (C=O) groups is 2. The molecule has 1 aromatic heterocycles. The first-order valence-corrected chi connectivity index (χ1v) is 8.45. The number of anilines is 1. The summed E-state index contributed by atoms with van der Waals surface area (Å²) in [6, 6.07) is 10.6. The average Bonchev–Trinajstić information content (AvgIpc) is 3.14. The molecule has 2 aromatic rings. The average molecular weight is 342 g/mol. The number of nitrogens with zero attached hydrogens (tertiary/aromatic N) is 1. The summed E-state index contributed by atoms with van der Waals surface area (Å²) in [6.45, 7) is 3.73. The fourth-order valence-corrected chi connectivity index (χ4v) is 2.80. The Bertz CT molecular complexity index is 710. The summed E-state index contributed by atoms with van der Waals surface area (Å²) in [4.78, 5) is 26.3. The quantitative estimate of drug-likeness (QED) is 0.907. The van der Waals surface area contributed by atoms with Crippen molar-refractivity contribution in [1.29, 1.82) is 0 Å². The Balaban J connectivity index is 1.52. The van der Waals surface area contributed by atoms with Gasteiger partial charge < -0.3 is 19.4 Å². The first kappa shape index (κ1) is 17.2. The molecular weight excluding hydrogens is 320 g/mol. The van der Waals surface area contributed by atoms with Crippen LogP contribution in [0, 0.1) is 0 Å². The summed E-state index contributed by atoms with van der Waals surface area (Å²) in [6.07, 6.45) is 2.56. The molecule has 1 saturated heterocycles. The molecule has 6 nitrogen and oxygen atoms in total. The molecule has 1 fully saturated rings. The Morgan fingerprint density at radius 2 is 2.04 bits per heavy atom. The van der Waals surface area contributed by atoms with E-state index in [2.05, 4.69) is 5.32 Å². The van der Waals surface area contributed by atoms with E-state index in [-0.39, 0.29) is 17.9 Å². The van der Waals surface area contributed by atoms with Gasteiger partial charge >= 0.3 is 0 Å². The maximum Gasteiger partial charge on any atom is 0.254 e. The molecule has 1 unspecified atom stereocenters. The first-order valence-electron chi connectivity index (χ1n) is 8.45. The number of nitrogens with one attached hydrogen (secondary N) is 1. The number of furan rings is 1. The molecule has 0 saturated carbocycles. The highest BCUT2D eigenvalue weighted by Gasteiger charge is 2.22. The lowest BCUT2D eigenvalue weighted by atomic mass is 10.1. The Morgan fingerprint density at radius 3 is 2.72 bits per heavy atom. The van der Waals surface area contributed by atoms with E-state index in [1.54, 1.807) is 41.5 Å². The zero-order valence-electron chi connectivity index (χ0n) is 14.2. The van der Waals surface area contributed by atoms with Gasteiger partial charge in [0.25, 0.3) is 5.91 Å². The van der Waals surface area contributed by atoms with Gasteiger partial charge in [0.15, 0.2) is 0 Å². The summed E-state index contributed by atoms with van der Waals surface area (Å²) in [5, 5.41) is 2.83. The lowest BCUT2D eigenvalue weighted by Crippen LogP contribution is -2.44. The van der Waals surface area contributed by atoms with Crippen LogP contribution in [0.2, 0.25) is 0 Å². The van der Waals surface area contributed by atoms with Gasteiger partial charge in [-0.15, -0.1) is 0 Å². The van der Waals surface area contributed by atoms with Crippen molar-refractivity contribution < 1.29 is 18.7 Å². The number of amides is 2. The Morgan fingerprint density at radius 1 is 1.24 bits per heavy atom. The Labute approximate surface area is 146 Å². The van der Waals surface area contributed by atoms with E-state index in [1.165, 1.54) is 0 Å². The molecule has 1 aliphatic heterocycles. The molecule has 2 heterocycles. The molecule has 25 heavy (non-hydrogen) atoms. The number of hydrogen-bond donors (Lipinski definition) is 1. The standard InChI is InChI=1S/C19H22N2O4/c1-14-13-21(10-12-24-14)19(23)15-4-6-16(7-5-15)20-18(22)9-8-17-3-2-11-25-17/h2-7,11,14H,8-10,12-13H2,1H3,(H,20,22). The molecule has 132 valence electrons. The highest BCUT2D eigenvalue weighted by atomic mass is 16.5. The number of benzene rings is 1. The topological polar surface area (TPSA) is 71.8 Å². The summed E-state index contributed by atoms with van der Waals surface area (Å²) in [5.41, 5.74) is 1.29. The van der Waals surface area contributed by atoms with Gasteiger partial charge in [0.2, 0.25) is 5.91 Å². The minimum Gasteiger partial charge on any atom is -0.469 e. The van der Waals surface area contributed by atoms with E-state index < -0.39 is 0 Å². The maximum absolute atomic E-state index is 12.5. The van der Waals surface area contributed by atoms with Crippen LogP contribution in [0.5, 0.6) is 0 Å². The van der Waals surface area contributed by atoms with Crippen LogP contribution in [-0.4, -0.2) is 42.5 Å². The smallest absolute Gasteiger partial charge is 0.254 e. The van der Waals surface area contributed by atoms with E-state index in [4.69, 9.17) is 9.15 Å². The summed E-state index contributed by atoms with van der Waals surface area (Å²) in [5.74, 6) is 0.694. The summed E-state index contributed by atoms with van der Waals surface area (Å²) in [7, 11) is 0. The van der Waals surface area contributed by atoms with Gasteiger partial charge in [-0.05, 0) is 43.3 Å². The zero-order valence-corrected chi connectivity index (χ0v) is 14.2. The number of carbonyl (C=O) groups excluding carboxylic acids is 2. The molecule has 0 aliphatic carbocycles. The number of ether oxygens (including phenoxy) is 1. The van der Waals surface area contributed by atoms with Crippen LogP contribution >= 0.6 is 0 Å². The molecule has 0 bridgehead atoms. The lowest BCUT2D eigenvalue weighted by molar-refractivity contribution is -0.116. The third kappa shape index (κ3) is 4.70. The number of aryl methyl sites for hydroxylation is 1. The lowest BCUT2D eigenvalue weighted by Gasteiger charge is -2.31. The van der Waals surface area contributed by atoms with Crippen molar-refractivity contribution in [2.24, 2.45) is 0 Å². The molecule has 2 amide bonds. The van der Waals surface area contributed by atoms with E-state index >= 15 is 0 Å². The van der Waals surface area contributed by atoms with Crippen LogP contribution in [0.3, 0.4) is 0 Å². The van der Waals surface area contributed by atoms with Gasteiger partial charge in [0.1, 0.15) is 5.76 Å². The van der Waals surface area contributed by atoms with Crippen molar-refractivity contribution in [3.63, 3.8) is 0 Å². The second kappa shape index (κ2) is 7.98. The zero-order chi connectivity index (χ0) is 17.6. The Hall–Kier alpha value is -2.60. The highest BCUT2D eigenvalue weighted by Crippen LogP contribution is 2.14. The minimum absolute atomic E-state index is 0.00848. The summed E-state index contributed by atoms with van der Waals surface area (Å²) >= 11 is 0. The van der Waals surface area contributed by atoms with Gasteiger partial charge in [0, 0.05) is 37.2 Å². The normalized spacial score (nSPS) is 17.3. The third-order valence-electron chi connectivity index (χ3n) is 4.12. The predicted molar refractivity (Wildman–Crippen MR) is 93.4 cm³/mol. The molecule has 0 spiro atoms. The van der Waals surface area contributed by atoms with Gasteiger partial charge in [-0.1, -0.05) is 0 Å². The van der Waals surface area contributed by atoms with E-state index in [1.807, 2.05) is 13.0 Å². The van der Waals surface area contributed by atoms with Crippen molar-refractivity contribution in [2.75, 3.05) is 25.0 Å². The van der Waals surface area contributed by atoms with Crippen LogP contribution in [-0.2, 0) is 16.0 Å². The van der Waals surface area contributed by atoms with Crippen LogP contribution in [0.1, 0.15) is 29.5 Å². The largest absolute Gasteiger partial charge is 0.469 e. The highest BCUT2D eigenvalue weighted by molar-refractivity contribution is 5.96. The molecule has 1 aliphatic rings. The SMILES string of the molecule is CC1CN(C(=O)c2ccc(NC(=O)CCc3ccco3)cc2)CCO1. The van der Waals surface area contributed by atoms with Gasteiger partial charge in [-0.2, -0.15) is 0 Å². The predicted octanol–water partition coefficient (Wildman–Crippen LogP) is 2.71. The van der Waals surface area contributed by atoms with E-state index in [0.29, 0.717) is 43.8 Å².